The Bertz CT molecular complexity index is 1090. The van der Waals surface area contributed by atoms with E-state index in [9.17, 15) is 4.79 Å². The summed E-state index contributed by atoms with van der Waals surface area (Å²) in [6.45, 7) is 0. The number of nitrogens with one attached hydrogen (secondary N) is 1. The van der Waals surface area contributed by atoms with Gasteiger partial charge in [0.1, 0.15) is 5.52 Å². The molecule has 0 saturated heterocycles. The minimum absolute atomic E-state index is 0.171. The van der Waals surface area contributed by atoms with E-state index in [0.29, 0.717) is 28.2 Å². The van der Waals surface area contributed by atoms with Crippen molar-refractivity contribution in [2.75, 3.05) is 24.3 Å². The summed E-state index contributed by atoms with van der Waals surface area (Å²) in [5.41, 5.74) is 4.43. The fourth-order valence-electron chi connectivity index (χ4n) is 2.73. The number of carbonyl (C=O) groups excluding carboxylic acids is 1. The van der Waals surface area contributed by atoms with Gasteiger partial charge < -0.3 is 14.6 Å². The third-order valence-corrected chi connectivity index (χ3v) is 4.20. The molecule has 1 amide bonds. The first-order chi connectivity index (χ1) is 13.1. The molecule has 6 nitrogen and oxygen atoms in total. The smallest absolute Gasteiger partial charge is 0.255 e. The number of hydrogen-bond acceptors (Lipinski definition) is 5. The lowest BCUT2D eigenvalue weighted by molar-refractivity contribution is 0.102. The highest BCUT2D eigenvalue weighted by Crippen LogP contribution is 2.26. The first-order valence-electron chi connectivity index (χ1n) is 8.50. The Morgan fingerprint density at radius 2 is 1.89 bits per heavy atom. The van der Waals surface area contributed by atoms with E-state index in [1.54, 1.807) is 42.7 Å². The fourth-order valence-corrected chi connectivity index (χ4v) is 2.73. The topological polar surface area (TPSA) is 71.3 Å². The van der Waals surface area contributed by atoms with Crippen LogP contribution in [0, 0.1) is 0 Å². The van der Waals surface area contributed by atoms with Gasteiger partial charge in [0, 0.05) is 43.4 Å². The zero-order valence-corrected chi connectivity index (χ0v) is 15.0. The van der Waals surface area contributed by atoms with Gasteiger partial charge in [0.25, 0.3) is 5.91 Å². The molecule has 0 spiro atoms. The SMILES string of the molecule is CN(C)c1ccc(C(=O)Nc2ccc3oc(-c4cccnc4)nc3c2)cc1. The molecule has 134 valence electrons. The summed E-state index contributed by atoms with van der Waals surface area (Å²) in [6, 6.07) is 16.5. The van der Waals surface area contributed by atoms with Gasteiger partial charge in [0.2, 0.25) is 5.89 Å². The number of fused-ring (bicyclic) bond motifs is 1. The largest absolute Gasteiger partial charge is 0.436 e. The average molecular weight is 358 g/mol. The Balaban J connectivity index is 1.56. The summed E-state index contributed by atoms with van der Waals surface area (Å²) in [7, 11) is 3.92. The Morgan fingerprint density at radius 1 is 1.07 bits per heavy atom. The normalized spacial score (nSPS) is 10.7. The van der Waals surface area contributed by atoms with Crippen molar-refractivity contribution in [1.82, 2.24) is 9.97 Å². The number of amides is 1. The molecule has 0 saturated carbocycles. The summed E-state index contributed by atoms with van der Waals surface area (Å²) in [5.74, 6) is 0.330. The van der Waals surface area contributed by atoms with E-state index >= 15 is 0 Å². The molecular formula is C21H18N4O2. The van der Waals surface area contributed by atoms with E-state index in [1.165, 1.54) is 0 Å². The highest BCUT2D eigenvalue weighted by atomic mass is 16.3. The van der Waals surface area contributed by atoms with Crippen LogP contribution in [0.2, 0.25) is 0 Å². The van der Waals surface area contributed by atoms with E-state index in [4.69, 9.17) is 4.42 Å². The molecule has 2 aromatic carbocycles. The third kappa shape index (κ3) is 3.50. The Labute approximate surface area is 156 Å². The van der Waals surface area contributed by atoms with Gasteiger partial charge in [-0.15, -0.1) is 0 Å². The molecule has 0 radical (unpaired) electrons. The second-order valence-corrected chi connectivity index (χ2v) is 6.34. The van der Waals surface area contributed by atoms with Crippen molar-refractivity contribution in [2.24, 2.45) is 0 Å². The molecule has 0 atom stereocenters. The summed E-state index contributed by atoms with van der Waals surface area (Å²) in [6.07, 6.45) is 3.40. The van der Waals surface area contributed by atoms with Crippen molar-refractivity contribution in [3.63, 3.8) is 0 Å². The summed E-state index contributed by atoms with van der Waals surface area (Å²) in [5, 5.41) is 2.90. The van der Waals surface area contributed by atoms with Gasteiger partial charge in [0.15, 0.2) is 5.58 Å². The Kier molecular flexibility index (Phi) is 4.30. The maximum Gasteiger partial charge on any atom is 0.255 e. The third-order valence-electron chi connectivity index (χ3n) is 4.20. The van der Waals surface area contributed by atoms with Crippen LogP contribution in [0.3, 0.4) is 0 Å². The van der Waals surface area contributed by atoms with Crippen LogP contribution in [0.25, 0.3) is 22.6 Å². The average Bonchev–Trinajstić information content (AvgIpc) is 3.12. The predicted octanol–water partition coefficient (Wildman–Crippen LogP) is 4.21. The number of benzene rings is 2. The number of oxazole rings is 1. The van der Waals surface area contributed by atoms with Gasteiger partial charge in [-0.3, -0.25) is 9.78 Å². The molecule has 0 unspecified atom stereocenters. The van der Waals surface area contributed by atoms with Gasteiger partial charge in [-0.05, 0) is 54.6 Å². The molecule has 4 aromatic rings. The van der Waals surface area contributed by atoms with Crippen LogP contribution in [0.1, 0.15) is 10.4 Å². The van der Waals surface area contributed by atoms with Crippen molar-refractivity contribution in [1.29, 1.82) is 0 Å². The van der Waals surface area contributed by atoms with Crippen molar-refractivity contribution in [3.05, 3.63) is 72.6 Å². The fraction of sp³-hybridized carbons (Fsp3) is 0.0952. The summed E-state index contributed by atoms with van der Waals surface area (Å²) < 4.78 is 5.77. The highest BCUT2D eigenvalue weighted by molar-refractivity contribution is 6.05. The number of pyridine rings is 1. The molecule has 0 aliphatic heterocycles. The minimum Gasteiger partial charge on any atom is -0.436 e. The van der Waals surface area contributed by atoms with Crippen LogP contribution in [0.5, 0.6) is 0 Å². The molecule has 0 bridgehead atoms. The maximum atomic E-state index is 12.5. The van der Waals surface area contributed by atoms with Gasteiger partial charge in [-0.1, -0.05) is 0 Å². The number of rotatable bonds is 4. The van der Waals surface area contributed by atoms with Gasteiger partial charge >= 0.3 is 0 Å². The molecule has 2 heterocycles. The van der Waals surface area contributed by atoms with Crippen LogP contribution in [-0.4, -0.2) is 30.0 Å². The van der Waals surface area contributed by atoms with Gasteiger partial charge in [-0.2, -0.15) is 0 Å². The number of nitrogens with zero attached hydrogens (tertiary/aromatic N) is 3. The number of anilines is 2. The lowest BCUT2D eigenvalue weighted by atomic mass is 10.2. The van der Waals surface area contributed by atoms with E-state index in [2.05, 4.69) is 15.3 Å². The Hall–Kier alpha value is -3.67. The molecule has 4 rings (SSSR count). The lowest BCUT2D eigenvalue weighted by Crippen LogP contribution is -2.13. The van der Waals surface area contributed by atoms with Gasteiger partial charge in [-0.25, -0.2) is 4.98 Å². The second kappa shape index (κ2) is 6.92. The van der Waals surface area contributed by atoms with Crippen molar-refractivity contribution in [3.8, 4) is 11.5 Å². The zero-order chi connectivity index (χ0) is 18.8. The molecule has 6 heteroatoms. The molecule has 0 aliphatic carbocycles. The first kappa shape index (κ1) is 16.8. The van der Waals surface area contributed by atoms with Crippen LogP contribution in [0.15, 0.2) is 71.4 Å². The second-order valence-electron chi connectivity index (χ2n) is 6.34. The lowest BCUT2D eigenvalue weighted by Gasteiger charge is -2.12. The van der Waals surface area contributed by atoms with Crippen molar-refractivity contribution in [2.45, 2.75) is 0 Å². The first-order valence-corrected chi connectivity index (χ1v) is 8.50. The van der Waals surface area contributed by atoms with Crippen LogP contribution in [0.4, 0.5) is 11.4 Å². The molecule has 0 aliphatic rings. The van der Waals surface area contributed by atoms with Gasteiger partial charge in [0.05, 0.1) is 5.56 Å². The van der Waals surface area contributed by atoms with Crippen LogP contribution in [-0.2, 0) is 0 Å². The zero-order valence-electron chi connectivity index (χ0n) is 15.0. The minimum atomic E-state index is -0.171. The number of hydrogen-bond donors (Lipinski definition) is 1. The summed E-state index contributed by atoms with van der Waals surface area (Å²) >= 11 is 0. The Morgan fingerprint density at radius 3 is 2.59 bits per heavy atom. The molecular weight excluding hydrogens is 340 g/mol. The van der Waals surface area contributed by atoms with E-state index < -0.39 is 0 Å². The maximum absolute atomic E-state index is 12.5. The number of aromatic nitrogens is 2. The van der Waals surface area contributed by atoms with Crippen LogP contribution < -0.4 is 10.2 Å². The monoisotopic (exact) mass is 358 g/mol. The van der Waals surface area contributed by atoms with E-state index in [1.807, 2.05) is 43.3 Å². The molecule has 1 N–H and O–H groups in total. The highest BCUT2D eigenvalue weighted by Gasteiger charge is 2.11. The molecule has 27 heavy (non-hydrogen) atoms. The van der Waals surface area contributed by atoms with Crippen LogP contribution >= 0.6 is 0 Å². The summed E-state index contributed by atoms with van der Waals surface area (Å²) in [4.78, 5) is 23.0. The standard InChI is InChI=1S/C21H18N4O2/c1-25(2)17-8-5-14(6-9-17)20(26)23-16-7-10-19-18(12-16)24-21(27-19)15-4-3-11-22-13-15/h3-13H,1-2H3,(H,23,26). The van der Waals surface area contributed by atoms with E-state index in [0.717, 1.165) is 11.3 Å². The molecule has 0 fully saturated rings. The quantitative estimate of drug-likeness (QED) is 0.592. The number of carbonyl (C=O) groups is 1. The van der Waals surface area contributed by atoms with Crippen molar-refractivity contribution >= 4 is 28.4 Å². The van der Waals surface area contributed by atoms with E-state index in [-0.39, 0.29) is 5.91 Å². The predicted molar refractivity (Wildman–Crippen MR) is 106 cm³/mol. The van der Waals surface area contributed by atoms with Crippen molar-refractivity contribution < 1.29 is 9.21 Å². The molecule has 2 aromatic heterocycles.